The molecule has 280 valence electrons. The number of methoxy groups -OCH3 is 3. The highest BCUT2D eigenvalue weighted by molar-refractivity contribution is 6.06. The molecule has 0 radical (unpaired) electrons. The molecule has 2 heterocycles. The summed E-state index contributed by atoms with van der Waals surface area (Å²) in [6, 6.07) is 10.8. The number of ether oxygens (including phenoxy) is 4. The Balaban J connectivity index is 1.15. The molecule has 2 aromatic rings. The van der Waals surface area contributed by atoms with E-state index in [1.54, 1.807) is 57.9 Å². The van der Waals surface area contributed by atoms with Crippen molar-refractivity contribution in [2.24, 2.45) is 29.1 Å². The second-order valence-corrected chi connectivity index (χ2v) is 16.2. The Hall–Kier alpha value is -3.19. The molecule has 1 amide bonds. The molecule has 52 heavy (non-hydrogen) atoms. The third-order valence-corrected chi connectivity index (χ3v) is 14.5. The zero-order chi connectivity index (χ0) is 36.6. The van der Waals surface area contributed by atoms with Gasteiger partial charge in [0.1, 0.15) is 16.8 Å². The van der Waals surface area contributed by atoms with Crippen LogP contribution >= 0.6 is 0 Å². The fourth-order valence-corrected chi connectivity index (χ4v) is 12.7. The van der Waals surface area contributed by atoms with Crippen LogP contribution in [0.3, 0.4) is 0 Å². The molecule has 6 aliphatic rings. The summed E-state index contributed by atoms with van der Waals surface area (Å²) >= 11 is 0. The van der Waals surface area contributed by atoms with Gasteiger partial charge in [-0.15, -0.1) is 0 Å². The molecule has 6 fully saturated rings. The van der Waals surface area contributed by atoms with E-state index in [4.69, 9.17) is 18.9 Å². The normalized spacial score (nSPS) is 41.5. The number of pyridine rings is 1. The molecular weight excluding hydrogens is 662 g/mol. The summed E-state index contributed by atoms with van der Waals surface area (Å²) in [6.07, 6.45) is 8.21. The van der Waals surface area contributed by atoms with Gasteiger partial charge >= 0.3 is 5.97 Å². The Bertz CT molecular complexity index is 1750. The quantitative estimate of drug-likeness (QED) is 0.242. The van der Waals surface area contributed by atoms with E-state index in [9.17, 15) is 19.8 Å². The van der Waals surface area contributed by atoms with Gasteiger partial charge in [-0.2, -0.15) is 0 Å². The Morgan fingerprint density at radius 3 is 2.58 bits per heavy atom. The van der Waals surface area contributed by atoms with Gasteiger partial charge in [0.05, 0.1) is 35.3 Å². The summed E-state index contributed by atoms with van der Waals surface area (Å²) in [7, 11) is 5.09. The van der Waals surface area contributed by atoms with E-state index >= 15 is 0 Å². The number of para-hydroxylation sites is 1. The largest absolute Gasteiger partial charge is 0.454 e. The minimum Gasteiger partial charge on any atom is -0.454 e. The number of likely N-dealkylation sites (tertiary alicyclic amines) is 1. The van der Waals surface area contributed by atoms with Crippen molar-refractivity contribution in [2.45, 2.75) is 100.0 Å². The standard InChI is InChI=1S/C41H53N3O8/c1-6-24-15-17-42-26(18-24)12-13-34(45)43-30-11-9-8-10-28(30)37(46)52-38-16-14-33(50-4)40-31(38)21-29(35(40)44(7-2)23-38)39(47)22-27(49-3)19-25-20-32(40)41(39,48)36(25)51-5/h8-13,15,17-18,25,27,29,31-33,35-36,47-48H,6-7,14,16,19-23H2,1-5H3,(H,43,45)/b13-12+/t25-,27+,29+,31+,32-,33-,35?,36-,38+,39-,40-,41-/m0/s1. The number of anilines is 1. The predicted molar refractivity (Wildman–Crippen MR) is 193 cm³/mol. The van der Waals surface area contributed by atoms with E-state index in [2.05, 4.69) is 29.0 Å². The number of likely N-dealkylation sites (N-methyl/N-ethyl adjacent to an activating group) is 1. The number of aromatic nitrogens is 1. The third kappa shape index (κ3) is 4.82. The van der Waals surface area contributed by atoms with Crippen LogP contribution in [0, 0.1) is 29.1 Å². The van der Waals surface area contributed by atoms with Gasteiger partial charge in [0.15, 0.2) is 0 Å². The number of aliphatic hydroxyl groups is 2. The summed E-state index contributed by atoms with van der Waals surface area (Å²) in [6.45, 7) is 5.39. The highest BCUT2D eigenvalue weighted by Crippen LogP contribution is 2.78. The SMILES string of the molecule is CCc1ccnc(/C=C/C(=O)Nc2ccccc2C(=O)O[C@@]23CC[C@H](OC)[C@]45C([C@@H](C[C@H]24)[C@@]2(O)C[C@H](OC)C[C@H]4C[C@@H]5[C@]2(O)[C@H]4OC)N(CC)C3)c1. The summed E-state index contributed by atoms with van der Waals surface area (Å²) in [4.78, 5) is 34.4. The fourth-order valence-electron chi connectivity index (χ4n) is 12.7. The number of amides is 1. The van der Waals surface area contributed by atoms with Gasteiger partial charge in [-0.05, 0) is 86.9 Å². The zero-order valence-electron chi connectivity index (χ0n) is 30.9. The molecule has 1 aromatic carbocycles. The van der Waals surface area contributed by atoms with Crippen molar-refractivity contribution in [3.05, 3.63) is 65.5 Å². The van der Waals surface area contributed by atoms with Gasteiger partial charge in [0.2, 0.25) is 5.91 Å². The first-order chi connectivity index (χ1) is 25.0. The molecule has 1 spiro atoms. The number of hydrogen-bond donors (Lipinski definition) is 3. The maximum Gasteiger partial charge on any atom is 0.340 e. The molecule has 8 rings (SSSR count). The van der Waals surface area contributed by atoms with Crippen LogP contribution in [0.15, 0.2) is 48.7 Å². The highest BCUT2D eigenvalue weighted by Gasteiger charge is 2.88. The second kappa shape index (κ2) is 13.0. The second-order valence-electron chi connectivity index (χ2n) is 16.2. The minimum absolute atomic E-state index is 0.00390. The third-order valence-electron chi connectivity index (χ3n) is 14.5. The van der Waals surface area contributed by atoms with Crippen molar-refractivity contribution in [1.82, 2.24) is 9.88 Å². The van der Waals surface area contributed by atoms with Crippen LogP contribution in [-0.4, -0.2) is 108 Å². The molecule has 1 aliphatic heterocycles. The number of benzene rings is 1. The zero-order valence-corrected chi connectivity index (χ0v) is 30.9. The summed E-state index contributed by atoms with van der Waals surface area (Å²) in [5, 5.41) is 29.2. The van der Waals surface area contributed by atoms with E-state index in [1.807, 2.05) is 12.1 Å². The average molecular weight is 716 g/mol. The highest BCUT2D eigenvalue weighted by atomic mass is 16.6. The maximum absolute atomic E-state index is 14.5. The monoisotopic (exact) mass is 715 g/mol. The number of hydrogen-bond acceptors (Lipinski definition) is 10. The number of nitrogens with zero attached hydrogens (tertiary/aromatic N) is 2. The number of piperidine rings is 1. The Kier molecular flexibility index (Phi) is 8.95. The van der Waals surface area contributed by atoms with Gasteiger partial charge in [-0.25, -0.2) is 4.79 Å². The average Bonchev–Trinajstić information content (AvgIpc) is 3.55. The van der Waals surface area contributed by atoms with Crippen LogP contribution in [0.25, 0.3) is 6.08 Å². The molecule has 1 saturated heterocycles. The van der Waals surface area contributed by atoms with Gasteiger partial charge in [0.25, 0.3) is 0 Å². The molecule has 1 aromatic heterocycles. The lowest BCUT2D eigenvalue weighted by atomic mass is 9.43. The molecule has 1 unspecified atom stereocenters. The minimum atomic E-state index is -1.52. The molecule has 11 nitrogen and oxygen atoms in total. The Morgan fingerprint density at radius 1 is 1.04 bits per heavy atom. The first-order valence-corrected chi connectivity index (χ1v) is 19.1. The van der Waals surface area contributed by atoms with Gasteiger partial charge in [-0.1, -0.05) is 26.0 Å². The Morgan fingerprint density at radius 2 is 1.85 bits per heavy atom. The van der Waals surface area contributed by atoms with Crippen molar-refractivity contribution in [2.75, 3.05) is 39.7 Å². The van der Waals surface area contributed by atoms with Crippen LogP contribution in [0.5, 0.6) is 0 Å². The first-order valence-electron chi connectivity index (χ1n) is 19.1. The van der Waals surface area contributed by atoms with Crippen LogP contribution in [0.1, 0.15) is 74.0 Å². The number of aryl methyl sites for hydroxylation is 1. The molecule has 12 atom stereocenters. The van der Waals surface area contributed by atoms with Gasteiger partial charge < -0.3 is 34.5 Å². The summed E-state index contributed by atoms with van der Waals surface area (Å²) < 4.78 is 25.4. The van der Waals surface area contributed by atoms with Crippen molar-refractivity contribution < 1.29 is 38.7 Å². The number of rotatable bonds is 10. The van der Waals surface area contributed by atoms with E-state index < -0.39 is 34.3 Å². The molecule has 5 saturated carbocycles. The lowest BCUT2D eigenvalue weighted by Gasteiger charge is -2.70. The van der Waals surface area contributed by atoms with Crippen molar-refractivity contribution >= 4 is 23.6 Å². The van der Waals surface area contributed by atoms with Crippen LogP contribution in [0.2, 0.25) is 0 Å². The predicted octanol–water partition coefficient (Wildman–Crippen LogP) is 4.26. The fraction of sp³-hybridized carbons (Fsp3) is 0.634. The summed E-state index contributed by atoms with van der Waals surface area (Å²) in [5.41, 5.74) is -2.04. The van der Waals surface area contributed by atoms with Crippen molar-refractivity contribution in [3.63, 3.8) is 0 Å². The molecule has 3 N–H and O–H groups in total. The molecule has 11 heteroatoms. The number of fused-ring (bicyclic) bond motifs is 2. The smallest absolute Gasteiger partial charge is 0.340 e. The Labute approximate surface area is 306 Å². The number of carbonyl (C=O) groups is 2. The van der Waals surface area contributed by atoms with Crippen LogP contribution in [0.4, 0.5) is 5.69 Å². The number of esters is 1. The van der Waals surface area contributed by atoms with Crippen LogP contribution in [-0.2, 0) is 30.2 Å². The van der Waals surface area contributed by atoms with Gasteiger partial charge in [0, 0.05) is 75.8 Å². The summed E-state index contributed by atoms with van der Waals surface area (Å²) in [5.74, 6) is -1.71. The van der Waals surface area contributed by atoms with E-state index in [-0.39, 0.29) is 53.4 Å². The lowest BCUT2D eigenvalue weighted by molar-refractivity contribution is -0.328. The van der Waals surface area contributed by atoms with E-state index in [0.717, 1.165) is 12.0 Å². The molecular formula is C41H53N3O8. The van der Waals surface area contributed by atoms with Gasteiger partial charge in [-0.3, -0.25) is 14.7 Å². The number of carbonyl (C=O) groups excluding carboxylic acids is 2. The first kappa shape index (κ1) is 35.8. The lowest BCUT2D eigenvalue weighted by Crippen LogP contribution is -2.82. The number of nitrogens with one attached hydrogen (secondary N) is 1. The van der Waals surface area contributed by atoms with Crippen molar-refractivity contribution in [1.29, 1.82) is 0 Å². The topological polar surface area (TPSA) is 140 Å². The molecule has 7 bridgehead atoms. The molecule has 5 aliphatic carbocycles. The van der Waals surface area contributed by atoms with Crippen molar-refractivity contribution in [3.8, 4) is 0 Å². The van der Waals surface area contributed by atoms with E-state index in [1.165, 1.54) is 6.08 Å². The maximum atomic E-state index is 14.5. The van der Waals surface area contributed by atoms with E-state index in [0.29, 0.717) is 63.0 Å². The van der Waals surface area contributed by atoms with Crippen LogP contribution < -0.4 is 5.32 Å².